The standard InChI is InChI=1S/C17H24N2O.ClH/c1-17(16(20)19-10-8-13(11-18)12-19)9-4-6-14-5-2-3-7-15(14)17;/h2-3,5,7,13H,4,6,8-12,18H2,1H3;1H. The lowest BCUT2D eigenvalue weighted by molar-refractivity contribution is -0.136. The van der Waals surface area contributed by atoms with Crippen molar-refractivity contribution in [1.29, 1.82) is 0 Å². The van der Waals surface area contributed by atoms with Gasteiger partial charge in [-0.1, -0.05) is 24.3 Å². The van der Waals surface area contributed by atoms with Gasteiger partial charge in [-0.2, -0.15) is 0 Å². The van der Waals surface area contributed by atoms with E-state index in [0.717, 1.165) is 38.8 Å². The van der Waals surface area contributed by atoms with E-state index in [0.29, 0.717) is 18.4 Å². The van der Waals surface area contributed by atoms with E-state index in [1.54, 1.807) is 0 Å². The summed E-state index contributed by atoms with van der Waals surface area (Å²) in [7, 11) is 0. The Morgan fingerprint density at radius 3 is 2.90 bits per heavy atom. The second kappa shape index (κ2) is 6.37. The van der Waals surface area contributed by atoms with Gasteiger partial charge in [-0.25, -0.2) is 0 Å². The molecular weight excluding hydrogens is 284 g/mol. The quantitative estimate of drug-likeness (QED) is 0.912. The molecule has 2 N–H and O–H groups in total. The minimum absolute atomic E-state index is 0. The van der Waals surface area contributed by atoms with E-state index in [1.165, 1.54) is 11.1 Å². The van der Waals surface area contributed by atoms with Crippen LogP contribution >= 0.6 is 12.4 Å². The van der Waals surface area contributed by atoms with Crippen molar-refractivity contribution in [2.75, 3.05) is 19.6 Å². The van der Waals surface area contributed by atoms with E-state index in [2.05, 4.69) is 31.2 Å². The van der Waals surface area contributed by atoms with Gasteiger partial charge in [0.05, 0.1) is 5.41 Å². The normalized spacial score (nSPS) is 27.9. The Kier molecular flexibility index (Phi) is 4.95. The molecule has 2 unspecified atom stereocenters. The van der Waals surface area contributed by atoms with Crippen LogP contribution in [-0.4, -0.2) is 30.4 Å². The number of amides is 1. The molecule has 1 aromatic rings. The lowest BCUT2D eigenvalue weighted by Gasteiger charge is -2.37. The smallest absolute Gasteiger partial charge is 0.232 e. The highest BCUT2D eigenvalue weighted by Gasteiger charge is 2.42. The first-order chi connectivity index (χ1) is 9.65. The Morgan fingerprint density at radius 2 is 2.19 bits per heavy atom. The highest BCUT2D eigenvalue weighted by molar-refractivity contribution is 5.88. The molecule has 1 aliphatic carbocycles. The van der Waals surface area contributed by atoms with Crippen molar-refractivity contribution in [1.82, 2.24) is 4.90 Å². The molecule has 3 rings (SSSR count). The third-order valence-electron chi connectivity index (χ3n) is 5.11. The Bertz CT molecular complexity index is 519. The Labute approximate surface area is 133 Å². The highest BCUT2D eigenvalue weighted by atomic mass is 35.5. The summed E-state index contributed by atoms with van der Waals surface area (Å²) < 4.78 is 0. The van der Waals surface area contributed by atoms with Crippen molar-refractivity contribution >= 4 is 18.3 Å². The number of nitrogens with two attached hydrogens (primary N) is 1. The minimum atomic E-state index is -0.335. The van der Waals surface area contributed by atoms with Crippen LogP contribution in [0.15, 0.2) is 24.3 Å². The molecule has 4 heteroatoms. The van der Waals surface area contributed by atoms with Crippen LogP contribution in [0.5, 0.6) is 0 Å². The molecule has 3 nitrogen and oxygen atoms in total. The zero-order valence-corrected chi connectivity index (χ0v) is 13.5. The van der Waals surface area contributed by atoms with E-state index in [1.807, 2.05) is 4.90 Å². The van der Waals surface area contributed by atoms with Gasteiger partial charge in [0, 0.05) is 13.1 Å². The average Bonchev–Trinajstić information content (AvgIpc) is 2.96. The van der Waals surface area contributed by atoms with Gasteiger partial charge in [-0.3, -0.25) is 4.79 Å². The number of fused-ring (bicyclic) bond motifs is 1. The number of halogens is 1. The first kappa shape index (κ1) is 16.3. The van der Waals surface area contributed by atoms with Gasteiger partial charge < -0.3 is 10.6 Å². The molecule has 1 fully saturated rings. The van der Waals surface area contributed by atoms with Crippen LogP contribution < -0.4 is 5.73 Å². The maximum Gasteiger partial charge on any atom is 0.232 e. The molecule has 0 radical (unpaired) electrons. The topological polar surface area (TPSA) is 46.3 Å². The summed E-state index contributed by atoms with van der Waals surface area (Å²) in [5.74, 6) is 0.794. The Morgan fingerprint density at radius 1 is 1.43 bits per heavy atom. The molecule has 1 amide bonds. The summed E-state index contributed by atoms with van der Waals surface area (Å²) in [6.45, 7) is 4.53. The van der Waals surface area contributed by atoms with Crippen molar-refractivity contribution in [3.05, 3.63) is 35.4 Å². The van der Waals surface area contributed by atoms with Crippen molar-refractivity contribution in [2.45, 2.75) is 38.0 Å². The van der Waals surface area contributed by atoms with Crippen LogP contribution in [0.4, 0.5) is 0 Å². The number of hydrogen-bond acceptors (Lipinski definition) is 2. The zero-order chi connectivity index (χ0) is 14.2. The van der Waals surface area contributed by atoms with Gasteiger partial charge in [0.1, 0.15) is 0 Å². The molecule has 0 saturated carbocycles. The fourth-order valence-corrected chi connectivity index (χ4v) is 3.82. The van der Waals surface area contributed by atoms with Gasteiger partial charge in [-0.15, -0.1) is 12.4 Å². The van der Waals surface area contributed by atoms with Crippen molar-refractivity contribution in [3.8, 4) is 0 Å². The number of nitrogens with zero attached hydrogens (tertiary/aromatic N) is 1. The third-order valence-corrected chi connectivity index (χ3v) is 5.11. The molecule has 21 heavy (non-hydrogen) atoms. The van der Waals surface area contributed by atoms with E-state index in [-0.39, 0.29) is 17.8 Å². The molecule has 1 aromatic carbocycles. The molecule has 2 aliphatic rings. The fraction of sp³-hybridized carbons (Fsp3) is 0.588. The number of rotatable bonds is 2. The predicted octanol–water partition coefficient (Wildman–Crippen LogP) is 2.51. The van der Waals surface area contributed by atoms with Gasteiger partial charge in [-0.05, 0) is 56.2 Å². The first-order valence-electron chi connectivity index (χ1n) is 7.73. The van der Waals surface area contributed by atoms with Crippen LogP contribution in [0.25, 0.3) is 0 Å². The summed E-state index contributed by atoms with van der Waals surface area (Å²) in [4.78, 5) is 15.1. The first-order valence-corrected chi connectivity index (χ1v) is 7.73. The molecular formula is C17H25ClN2O. The van der Waals surface area contributed by atoms with Crippen LogP contribution in [0.2, 0.25) is 0 Å². The van der Waals surface area contributed by atoms with Crippen LogP contribution in [-0.2, 0) is 16.6 Å². The van der Waals surface area contributed by atoms with E-state index < -0.39 is 0 Å². The summed E-state index contributed by atoms with van der Waals surface area (Å²) in [6.07, 6.45) is 4.23. The molecule has 1 saturated heterocycles. The van der Waals surface area contributed by atoms with Crippen LogP contribution in [0.3, 0.4) is 0 Å². The minimum Gasteiger partial charge on any atom is -0.342 e. The number of likely N-dealkylation sites (tertiary alicyclic amines) is 1. The summed E-state index contributed by atoms with van der Waals surface area (Å²) >= 11 is 0. The monoisotopic (exact) mass is 308 g/mol. The second-order valence-corrected chi connectivity index (χ2v) is 6.48. The van der Waals surface area contributed by atoms with E-state index in [9.17, 15) is 4.79 Å². The molecule has 1 heterocycles. The maximum absolute atomic E-state index is 13.0. The molecule has 0 aromatic heterocycles. The molecule has 2 atom stereocenters. The third kappa shape index (κ3) is 2.82. The number of hydrogen-bond donors (Lipinski definition) is 1. The largest absolute Gasteiger partial charge is 0.342 e. The predicted molar refractivity (Wildman–Crippen MR) is 87.7 cm³/mol. The summed E-state index contributed by atoms with van der Waals surface area (Å²) in [5, 5.41) is 0. The summed E-state index contributed by atoms with van der Waals surface area (Å²) in [6, 6.07) is 8.45. The van der Waals surface area contributed by atoms with Gasteiger partial charge >= 0.3 is 0 Å². The van der Waals surface area contributed by atoms with E-state index in [4.69, 9.17) is 5.73 Å². The molecule has 0 bridgehead atoms. The molecule has 0 spiro atoms. The maximum atomic E-state index is 13.0. The number of carbonyl (C=O) groups is 1. The number of carbonyl (C=O) groups excluding carboxylic acids is 1. The Hall–Kier alpha value is -1.06. The van der Waals surface area contributed by atoms with Crippen LogP contribution in [0, 0.1) is 5.92 Å². The van der Waals surface area contributed by atoms with Gasteiger partial charge in [0.2, 0.25) is 5.91 Å². The van der Waals surface area contributed by atoms with Gasteiger partial charge in [0.15, 0.2) is 0 Å². The SMILES string of the molecule is CC1(C(=O)N2CCC(CN)C2)CCCc2ccccc21.Cl. The second-order valence-electron chi connectivity index (χ2n) is 6.48. The average molecular weight is 309 g/mol. The zero-order valence-electron chi connectivity index (χ0n) is 12.7. The van der Waals surface area contributed by atoms with Crippen LogP contribution in [0.1, 0.15) is 37.3 Å². The van der Waals surface area contributed by atoms with Gasteiger partial charge in [0.25, 0.3) is 0 Å². The van der Waals surface area contributed by atoms with Crippen molar-refractivity contribution in [2.24, 2.45) is 11.7 Å². The van der Waals surface area contributed by atoms with Crippen molar-refractivity contribution < 1.29 is 4.79 Å². The van der Waals surface area contributed by atoms with Crippen molar-refractivity contribution in [3.63, 3.8) is 0 Å². The number of aryl methyl sites for hydroxylation is 1. The number of benzene rings is 1. The lowest BCUT2D eigenvalue weighted by atomic mass is 9.70. The summed E-state index contributed by atoms with van der Waals surface area (Å²) in [5.41, 5.74) is 8.01. The lowest BCUT2D eigenvalue weighted by Crippen LogP contribution is -2.46. The highest BCUT2D eigenvalue weighted by Crippen LogP contribution is 2.39. The molecule has 1 aliphatic heterocycles. The fourth-order valence-electron chi connectivity index (χ4n) is 3.82. The Balaban J connectivity index is 0.00000161. The van der Waals surface area contributed by atoms with E-state index >= 15 is 0 Å². The molecule has 116 valence electrons.